The van der Waals surface area contributed by atoms with Crippen molar-refractivity contribution in [2.75, 3.05) is 5.73 Å². The van der Waals surface area contributed by atoms with Gasteiger partial charge >= 0.3 is 0 Å². The van der Waals surface area contributed by atoms with E-state index in [1.54, 1.807) is 42.6 Å². The van der Waals surface area contributed by atoms with Gasteiger partial charge in [0, 0.05) is 18.5 Å². The number of benzene rings is 2. The first-order valence-corrected chi connectivity index (χ1v) is 10.7. The molecule has 0 fully saturated rings. The molecule has 166 valence electrons. The maximum absolute atomic E-state index is 14.6. The van der Waals surface area contributed by atoms with Crippen LogP contribution in [-0.2, 0) is 12.3 Å². The van der Waals surface area contributed by atoms with Crippen molar-refractivity contribution in [2.45, 2.75) is 12.3 Å². The Morgan fingerprint density at radius 2 is 1.97 bits per heavy atom. The summed E-state index contributed by atoms with van der Waals surface area (Å²) in [6.07, 6.45) is 3.16. The molecule has 10 heteroatoms. The second-order valence-electron chi connectivity index (χ2n) is 7.40. The van der Waals surface area contributed by atoms with Crippen molar-refractivity contribution >= 4 is 28.9 Å². The minimum Gasteiger partial charge on any atom is -0.368 e. The van der Waals surface area contributed by atoms with E-state index < -0.39 is 0 Å². The molecule has 3 heterocycles. The SMILES string of the molecule is [C-]#[N+]c1cccc(-c2nc(N)n3nc(Cc4c(F)cccc4CCl)nc3c2-c2ccncn2)c1. The van der Waals surface area contributed by atoms with Gasteiger partial charge in [-0.05, 0) is 34.9 Å². The van der Waals surface area contributed by atoms with E-state index in [2.05, 4.69) is 24.9 Å². The van der Waals surface area contributed by atoms with Crippen LogP contribution in [0.1, 0.15) is 17.0 Å². The molecule has 0 aliphatic carbocycles. The van der Waals surface area contributed by atoms with E-state index in [0.717, 1.165) is 0 Å². The Bertz CT molecular complexity index is 1560. The third-order valence-electron chi connectivity index (χ3n) is 5.34. The molecule has 0 saturated carbocycles. The van der Waals surface area contributed by atoms with Gasteiger partial charge in [0.2, 0.25) is 5.95 Å². The molecule has 0 saturated heterocycles. The lowest BCUT2D eigenvalue weighted by atomic mass is 10.0. The molecule has 0 atom stereocenters. The van der Waals surface area contributed by atoms with E-state index in [-0.39, 0.29) is 24.1 Å². The smallest absolute Gasteiger partial charge is 0.223 e. The van der Waals surface area contributed by atoms with Crippen LogP contribution in [0.25, 0.3) is 33.0 Å². The summed E-state index contributed by atoms with van der Waals surface area (Å²) in [6.45, 7) is 7.35. The van der Waals surface area contributed by atoms with E-state index in [9.17, 15) is 4.39 Å². The molecule has 2 N–H and O–H groups in total. The highest BCUT2D eigenvalue weighted by Gasteiger charge is 2.22. The van der Waals surface area contributed by atoms with E-state index in [0.29, 0.717) is 50.8 Å². The number of halogens is 2. The van der Waals surface area contributed by atoms with Gasteiger partial charge in [-0.3, -0.25) is 0 Å². The van der Waals surface area contributed by atoms with Crippen molar-refractivity contribution in [3.8, 4) is 22.5 Å². The van der Waals surface area contributed by atoms with Crippen molar-refractivity contribution in [3.05, 3.63) is 95.2 Å². The predicted octanol–water partition coefficient (Wildman–Crippen LogP) is 4.85. The van der Waals surface area contributed by atoms with Crippen LogP contribution in [0.15, 0.2) is 61.1 Å². The minimum absolute atomic E-state index is 0.0980. The molecule has 0 unspecified atom stereocenters. The highest BCUT2D eigenvalue weighted by molar-refractivity contribution is 6.17. The third-order valence-corrected chi connectivity index (χ3v) is 5.62. The molecule has 0 radical (unpaired) electrons. The van der Waals surface area contributed by atoms with Crippen LogP contribution in [0.5, 0.6) is 0 Å². The maximum atomic E-state index is 14.6. The number of hydrogen-bond acceptors (Lipinski definition) is 6. The van der Waals surface area contributed by atoms with Crippen LogP contribution in [0.2, 0.25) is 0 Å². The molecular formula is C24H16ClFN8. The van der Waals surface area contributed by atoms with Crippen molar-refractivity contribution in [1.82, 2.24) is 29.5 Å². The summed E-state index contributed by atoms with van der Waals surface area (Å²) in [6, 6.07) is 13.5. The van der Waals surface area contributed by atoms with Gasteiger partial charge in [-0.2, -0.15) is 4.52 Å². The lowest BCUT2D eigenvalue weighted by molar-refractivity contribution is 0.610. The molecule has 34 heavy (non-hydrogen) atoms. The predicted molar refractivity (Wildman–Crippen MR) is 127 cm³/mol. The van der Waals surface area contributed by atoms with Gasteiger partial charge in [-0.15, -0.1) is 16.7 Å². The van der Waals surface area contributed by atoms with Crippen LogP contribution in [0.3, 0.4) is 0 Å². The molecule has 5 aromatic rings. The monoisotopic (exact) mass is 470 g/mol. The van der Waals surface area contributed by atoms with Gasteiger partial charge in [0.15, 0.2) is 17.2 Å². The van der Waals surface area contributed by atoms with Gasteiger partial charge in [0.25, 0.3) is 0 Å². The van der Waals surface area contributed by atoms with Gasteiger partial charge in [0.05, 0.1) is 23.5 Å². The molecule has 0 aliphatic heterocycles. The lowest BCUT2D eigenvalue weighted by Gasteiger charge is -2.11. The highest BCUT2D eigenvalue weighted by Crippen LogP contribution is 2.35. The molecule has 0 amide bonds. The maximum Gasteiger partial charge on any atom is 0.223 e. The van der Waals surface area contributed by atoms with Gasteiger partial charge in [-0.25, -0.2) is 29.2 Å². The van der Waals surface area contributed by atoms with E-state index in [1.165, 1.54) is 16.9 Å². The normalized spacial score (nSPS) is 11.0. The van der Waals surface area contributed by atoms with Crippen LogP contribution < -0.4 is 5.73 Å². The van der Waals surface area contributed by atoms with Crippen molar-refractivity contribution < 1.29 is 4.39 Å². The van der Waals surface area contributed by atoms with E-state index in [1.807, 2.05) is 6.07 Å². The summed E-state index contributed by atoms with van der Waals surface area (Å²) in [5, 5.41) is 4.50. The summed E-state index contributed by atoms with van der Waals surface area (Å²) in [7, 11) is 0. The van der Waals surface area contributed by atoms with E-state index in [4.69, 9.17) is 28.9 Å². The molecule has 0 bridgehead atoms. The second kappa shape index (κ2) is 8.84. The largest absolute Gasteiger partial charge is 0.368 e. The van der Waals surface area contributed by atoms with Crippen LogP contribution >= 0.6 is 11.6 Å². The number of alkyl halides is 1. The van der Waals surface area contributed by atoms with Gasteiger partial charge in [-0.1, -0.05) is 30.3 Å². The number of nitrogens with zero attached hydrogens (tertiary/aromatic N) is 7. The number of fused-ring (bicyclic) bond motifs is 1. The Kier molecular flexibility index (Phi) is 5.57. The average molecular weight is 471 g/mol. The molecular weight excluding hydrogens is 455 g/mol. The van der Waals surface area contributed by atoms with Gasteiger partial charge < -0.3 is 5.73 Å². The zero-order valence-corrected chi connectivity index (χ0v) is 18.4. The van der Waals surface area contributed by atoms with Gasteiger partial charge in [0.1, 0.15) is 12.1 Å². The van der Waals surface area contributed by atoms with Crippen LogP contribution in [0, 0.1) is 12.4 Å². The Labute approximate surface area is 198 Å². The fourth-order valence-corrected chi connectivity index (χ4v) is 4.02. The number of nitrogen functional groups attached to an aromatic ring is 1. The quantitative estimate of drug-likeness (QED) is 0.291. The number of anilines is 1. The van der Waals surface area contributed by atoms with E-state index >= 15 is 0 Å². The lowest BCUT2D eigenvalue weighted by Crippen LogP contribution is -2.06. The number of aromatic nitrogens is 6. The van der Waals surface area contributed by atoms with Crippen molar-refractivity contribution in [3.63, 3.8) is 0 Å². The first kappa shape index (κ1) is 21.4. The topological polar surface area (TPSA) is 99.2 Å². The molecule has 8 nitrogen and oxygen atoms in total. The van der Waals surface area contributed by atoms with Crippen LogP contribution in [0.4, 0.5) is 16.0 Å². The summed E-state index contributed by atoms with van der Waals surface area (Å²) >= 11 is 6.01. The fourth-order valence-electron chi connectivity index (χ4n) is 3.77. The first-order chi connectivity index (χ1) is 16.6. The molecule has 3 aromatic heterocycles. The fraction of sp³-hybridized carbons (Fsp3) is 0.0833. The average Bonchev–Trinajstić information content (AvgIpc) is 3.30. The number of rotatable bonds is 5. The third kappa shape index (κ3) is 3.80. The Morgan fingerprint density at radius 3 is 2.74 bits per heavy atom. The Balaban J connectivity index is 1.75. The molecule has 5 rings (SSSR count). The summed E-state index contributed by atoms with van der Waals surface area (Å²) in [4.78, 5) is 21.1. The standard InChI is InChI=1S/C24H16ClFN8/c1-28-16-6-2-4-14(10-16)22-21(19-8-9-29-13-30-19)23-31-20(33-34(23)24(27)32-22)11-17-15(12-25)5-3-7-18(17)26/h2-10,13H,11-12H2,(H2,27,32). The Morgan fingerprint density at radius 1 is 1.12 bits per heavy atom. The molecule has 0 spiro atoms. The summed E-state index contributed by atoms with van der Waals surface area (Å²) in [5.41, 5.74) is 10.5. The first-order valence-electron chi connectivity index (χ1n) is 10.2. The molecule has 2 aromatic carbocycles. The Hall–Kier alpha value is -4.42. The zero-order chi connectivity index (χ0) is 23.7. The summed E-state index contributed by atoms with van der Waals surface area (Å²) in [5.74, 6) is 0.238. The number of nitrogens with two attached hydrogens (primary N) is 1. The zero-order valence-electron chi connectivity index (χ0n) is 17.7. The second-order valence-corrected chi connectivity index (χ2v) is 7.67. The van der Waals surface area contributed by atoms with Crippen LogP contribution in [-0.4, -0.2) is 29.5 Å². The van der Waals surface area contributed by atoms with Crippen molar-refractivity contribution in [2.24, 2.45) is 0 Å². The highest BCUT2D eigenvalue weighted by atomic mass is 35.5. The summed E-state index contributed by atoms with van der Waals surface area (Å²) < 4.78 is 16.0. The van der Waals surface area contributed by atoms with Crippen molar-refractivity contribution in [1.29, 1.82) is 0 Å². The molecule has 0 aliphatic rings. The number of hydrogen-bond donors (Lipinski definition) is 1. The minimum atomic E-state index is -0.379.